The minimum atomic E-state index is 0.156. The van der Waals surface area contributed by atoms with Gasteiger partial charge in [0.1, 0.15) is 0 Å². The van der Waals surface area contributed by atoms with Crippen molar-refractivity contribution < 1.29 is 4.79 Å². The molecule has 5 unspecified atom stereocenters. The average molecular weight is 236 g/mol. The number of fused-ring (bicyclic) bond motifs is 1. The number of carbonyl (C=O) groups is 1. The van der Waals surface area contributed by atoms with Crippen molar-refractivity contribution in [3.63, 3.8) is 0 Å². The second-order valence-corrected chi connectivity index (χ2v) is 6.32. The van der Waals surface area contributed by atoms with Crippen molar-refractivity contribution >= 4 is 5.91 Å². The summed E-state index contributed by atoms with van der Waals surface area (Å²) in [6.45, 7) is 3.35. The summed E-state index contributed by atoms with van der Waals surface area (Å²) in [5.41, 5.74) is 5.82. The van der Waals surface area contributed by atoms with Gasteiger partial charge in [-0.05, 0) is 37.5 Å². The van der Waals surface area contributed by atoms with Gasteiger partial charge in [-0.2, -0.15) is 0 Å². The van der Waals surface area contributed by atoms with E-state index < -0.39 is 0 Å². The van der Waals surface area contributed by atoms with Crippen LogP contribution < -0.4 is 5.73 Å². The van der Waals surface area contributed by atoms with Gasteiger partial charge in [0, 0.05) is 18.6 Å². The van der Waals surface area contributed by atoms with E-state index in [1.165, 1.54) is 32.1 Å². The maximum Gasteiger partial charge on any atom is 0.227 e. The molecule has 3 rings (SSSR count). The molecule has 3 aliphatic rings. The fourth-order valence-corrected chi connectivity index (χ4v) is 3.90. The van der Waals surface area contributed by atoms with Gasteiger partial charge < -0.3 is 10.6 Å². The molecule has 1 aliphatic heterocycles. The van der Waals surface area contributed by atoms with Crippen LogP contribution in [0.4, 0.5) is 0 Å². The van der Waals surface area contributed by atoms with Crippen molar-refractivity contribution in [3.05, 3.63) is 0 Å². The Morgan fingerprint density at radius 1 is 1.24 bits per heavy atom. The molecular weight excluding hydrogens is 212 g/mol. The Bertz CT molecular complexity index is 317. The predicted molar refractivity (Wildman–Crippen MR) is 67.3 cm³/mol. The van der Waals surface area contributed by atoms with Crippen molar-refractivity contribution in [2.75, 3.05) is 6.54 Å². The Kier molecular flexibility index (Phi) is 2.89. The van der Waals surface area contributed by atoms with Crippen LogP contribution in [0.3, 0.4) is 0 Å². The molecule has 3 heteroatoms. The molecule has 0 spiro atoms. The van der Waals surface area contributed by atoms with E-state index in [0.29, 0.717) is 11.9 Å². The summed E-state index contributed by atoms with van der Waals surface area (Å²) >= 11 is 0. The zero-order valence-electron chi connectivity index (χ0n) is 10.8. The first-order valence-electron chi connectivity index (χ1n) is 7.24. The average Bonchev–Trinajstić information content (AvgIpc) is 3.07. The van der Waals surface area contributed by atoms with E-state index in [1.54, 1.807) is 0 Å². The monoisotopic (exact) mass is 236 g/mol. The predicted octanol–water partition coefficient (Wildman–Crippen LogP) is 1.76. The topological polar surface area (TPSA) is 46.3 Å². The van der Waals surface area contributed by atoms with Crippen LogP contribution in [0.5, 0.6) is 0 Å². The van der Waals surface area contributed by atoms with Gasteiger partial charge in [0.15, 0.2) is 0 Å². The number of rotatable bonds is 1. The maximum absolute atomic E-state index is 12.4. The third-order valence-electron chi connectivity index (χ3n) is 5.18. The summed E-state index contributed by atoms with van der Waals surface area (Å²) in [6.07, 6.45) is 7.32. The van der Waals surface area contributed by atoms with E-state index in [0.717, 1.165) is 24.8 Å². The van der Waals surface area contributed by atoms with Crippen LogP contribution in [-0.4, -0.2) is 29.4 Å². The van der Waals surface area contributed by atoms with Crippen LogP contribution in [0.2, 0.25) is 0 Å². The quantitative estimate of drug-likeness (QED) is 0.754. The van der Waals surface area contributed by atoms with Gasteiger partial charge in [-0.1, -0.05) is 19.8 Å². The van der Waals surface area contributed by atoms with Gasteiger partial charge in [-0.15, -0.1) is 0 Å². The highest BCUT2D eigenvalue weighted by Crippen LogP contribution is 2.41. The fraction of sp³-hybridized carbons (Fsp3) is 0.929. The van der Waals surface area contributed by atoms with Crippen LogP contribution in [0.25, 0.3) is 0 Å². The molecule has 0 aromatic rings. The van der Waals surface area contributed by atoms with Gasteiger partial charge >= 0.3 is 0 Å². The van der Waals surface area contributed by atoms with Crippen molar-refractivity contribution in [2.24, 2.45) is 23.5 Å². The molecule has 17 heavy (non-hydrogen) atoms. The minimum Gasteiger partial charge on any atom is -0.339 e. The van der Waals surface area contributed by atoms with E-state index in [9.17, 15) is 4.79 Å². The SMILES string of the molecule is CC1CCN(C(=O)C2CC2N)C2CCCCC12. The van der Waals surface area contributed by atoms with Crippen LogP contribution in [0.1, 0.15) is 45.4 Å². The molecule has 3 fully saturated rings. The normalized spacial score (nSPS) is 45.3. The Balaban J connectivity index is 1.73. The summed E-state index contributed by atoms with van der Waals surface area (Å²) in [5.74, 6) is 2.08. The standard InChI is InChI=1S/C14H24N2O/c1-9-6-7-16(14(17)11-8-12(11)15)13-5-3-2-4-10(9)13/h9-13H,2-8,15H2,1H3. The number of hydrogen-bond donors (Lipinski definition) is 1. The molecule has 2 N–H and O–H groups in total. The second kappa shape index (κ2) is 4.27. The van der Waals surface area contributed by atoms with Gasteiger partial charge in [-0.25, -0.2) is 0 Å². The zero-order valence-corrected chi connectivity index (χ0v) is 10.8. The maximum atomic E-state index is 12.4. The zero-order chi connectivity index (χ0) is 12.0. The molecule has 0 aromatic heterocycles. The van der Waals surface area contributed by atoms with E-state index in [1.807, 2.05) is 0 Å². The molecular formula is C14H24N2O. The molecule has 1 saturated heterocycles. The minimum absolute atomic E-state index is 0.156. The Labute approximate surface area is 104 Å². The smallest absolute Gasteiger partial charge is 0.227 e. The first-order chi connectivity index (χ1) is 8.18. The molecule has 1 heterocycles. The molecule has 0 bridgehead atoms. The summed E-state index contributed by atoms with van der Waals surface area (Å²) in [6, 6.07) is 0.691. The first kappa shape index (κ1) is 11.5. The third kappa shape index (κ3) is 1.99. The largest absolute Gasteiger partial charge is 0.339 e. The lowest BCUT2D eigenvalue weighted by Crippen LogP contribution is -2.53. The van der Waals surface area contributed by atoms with Crippen LogP contribution in [0, 0.1) is 17.8 Å². The molecule has 0 radical (unpaired) electrons. The van der Waals surface area contributed by atoms with E-state index in [2.05, 4.69) is 11.8 Å². The van der Waals surface area contributed by atoms with E-state index in [-0.39, 0.29) is 12.0 Å². The highest BCUT2D eigenvalue weighted by atomic mass is 16.2. The van der Waals surface area contributed by atoms with Crippen molar-refractivity contribution in [1.82, 2.24) is 4.90 Å². The number of likely N-dealkylation sites (tertiary alicyclic amines) is 1. The van der Waals surface area contributed by atoms with E-state index in [4.69, 9.17) is 5.73 Å². The Morgan fingerprint density at radius 3 is 2.65 bits per heavy atom. The highest BCUT2D eigenvalue weighted by molar-refractivity contribution is 5.82. The van der Waals surface area contributed by atoms with Gasteiger partial charge in [0.05, 0.1) is 5.92 Å². The summed E-state index contributed by atoms with van der Waals surface area (Å²) in [4.78, 5) is 14.6. The van der Waals surface area contributed by atoms with Gasteiger partial charge in [0.25, 0.3) is 0 Å². The fourth-order valence-electron chi connectivity index (χ4n) is 3.90. The van der Waals surface area contributed by atoms with Gasteiger partial charge in [-0.3, -0.25) is 4.79 Å². The summed E-state index contributed by atoms with van der Waals surface area (Å²) < 4.78 is 0. The van der Waals surface area contributed by atoms with Gasteiger partial charge in [0.2, 0.25) is 5.91 Å². The number of nitrogens with zero attached hydrogens (tertiary/aromatic N) is 1. The number of amides is 1. The number of carbonyl (C=O) groups excluding carboxylic acids is 1. The molecule has 1 amide bonds. The van der Waals surface area contributed by atoms with Crippen molar-refractivity contribution in [2.45, 2.75) is 57.5 Å². The van der Waals surface area contributed by atoms with Crippen LogP contribution >= 0.6 is 0 Å². The number of piperidine rings is 1. The molecule has 2 saturated carbocycles. The number of hydrogen-bond acceptors (Lipinski definition) is 2. The summed E-state index contributed by atoms with van der Waals surface area (Å²) in [5, 5.41) is 0. The van der Waals surface area contributed by atoms with Crippen molar-refractivity contribution in [3.8, 4) is 0 Å². The Morgan fingerprint density at radius 2 is 1.94 bits per heavy atom. The lowest BCUT2D eigenvalue weighted by molar-refractivity contribution is -0.140. The third-order valence-corrected chi connectivity index (χ3v) is 5.18. The van der Waals surface area contributed by atoms with E-state index >= 15 is 0 Å². The molecule has 0 aromatic carbocycles. The molecule has 3 nitrogen and oxygen atoms in total. The Hall–Kier alpha value is -0.570. The van der Waals surface area contributed by atoms with Crippen LogP contribution in [0.15, 0.2) is 0 Å². The summed E-state index contributed by atoms with van der Waals surface area (Å²) in [7, 11) is 0. The second-order valence-electron chi connectivity index (χ2n) is 6.32. The molecule has 96 valence electrons. The van der Waals surface area contributed by atoms with Crippen LogP contribution in [-0.2, 0) is 4.79 Å². The first-order valence-corrected chi connectivity index (χ1v) is 7.24. The molecule has 2 aliphatic carbocycles. The number of nitrogens with two attached hydrogens (primary N) is 1. The highest BCUT2D eigenvalue weighted by Gasteiger charge is 2.47. The lowest BCUT2D eigenvalue weighted by atomic mass is 9.72. The van der Waals surface area contributed by atoms with Crippen molar-refractivity contribution in [1.29, 1.82) is 0 Å². The molecule has 5 atom stereocenters. The lowest BCUT2D eigenvalue weighted by Gasteiger charge is -2.47.